The van der Waals surface area contributed by atoms with Crippen molar-refractivity contribution in [3.05, 3.63) is 35.3 Å². The van der Waals surface area contributed by atoms with Crippen LogP contribution in [0.4, 0.5) is 21.6 Å². The molecule has 106 valence electrons. The number of hydrogen-bond acceptors (Lipinski definition) is 3. The number of aromatic nitrogens is 2. The van der Waals surface area contributed by atoms with E-state index in [9.17, 15) is 4.39 Å². The lowest BCUT2D eigenvalue weighted by Crippen LogP contribution is -2.20. The van der Waals surface area contributed by atoms with Gasteiger partial charge in [-0.3, -0.25) is 0 Å². The van der Waals surface area contributed by atoms with Gasteiger partial charge in [0, 0.05) is 18.3 Å². The Morgan fingerprint density at radius 3 is 2.80 bits per heavy atom. The van der Waals surface area contributed by atoms with Gasteiger partial charge in [0.1, 0.15) is 5.82 Å². The third kappa shape index (κ3) is 1.85. The predicted molar refractivity (Wildman–Crippen MR) is 78.9 cm³/mol. The summed E-state index contributed by atoms with van der Waals surface area (Å²) in [5.74, 6) is 0.656. The molecule has 5 heteroatoms. The van der Waals surface area contributed by atoms with Crippen LogP contribution in [0.3, 0.4) is 0 Å². The molecule has 0 aliphatic carbocycles. The number of fused-ring (bicyclic) bond motifs is 1. The van der Waals surface area contributed by atoms with Crippen LogP contribution >= 0.6 is 0 Å². The van der Waals surface area contributed by atoms with Crippen molar-refractivity contribution in [2.45, 2.75) is 33.2 Å². The largest absolute Gasteiger partial charge is 0.394 e. The lowest BCUT2D eigenvalue weighted by molar-refractivity contribution is 0.529. The zero-order valence-electron chi connectivity index (χ0n) is 12.0. The maximum Gasteiger partial charge on any atom is 0.155 e. The fourth-order valence-electron chi connectivity index (χ4n) is 2.75. The Labute approximate surface area is 118 Å². The van der Waals surface area contributed by atoms with E-state index in [2.05, 4.69) is 23.8 Å². The predicted octanol–water partition coefficient (Wildman–Crippen LogP) is 3.19. The van der Waals surface area contributed by atoms with Crippen LogP contribution in [0.2, 0.25) is 0 Å². The van der Waals surface area contributed by atoms with Gasteiger partial charge in [-0.05, 0) is 44.9 Å². The quantitative estimate of drug-likeness (QED) is 0.915. The highest BCUT2D eigenvalue weighted by molar-refractivity contribution is 5.77. The molecule has 0 bridgehead atoms. The van der Waals surface area contributed by atoms with Crippen molar-refractivity contribution >= 4 is 17.2 Å². The summed E-state index contributed by atoms with van der Waals surface area (Å²) >= 11 is 0. The molecule has 0 radical (unpaired) electrons. The Bertz CT molecular complexity index is 660. The molecule has 0 fully saturated rings. The van der Waals surface area contributed by atoms with E-state index in [1.165, 1.54) is 6.07 Å². The summed E-state index contributed by atoms with van der Waals surface area (Å²) in [4.78, 5) is 2.08. The molecule has 1 aliphatic heterocycles. The Morgan fingerprint density at radius 1 is 1.35 bits per heavy atom. The highest BCUT2D eigenvalue weighted by Crippen LogP contribution is 2.39. The molecule has 0 saturated carbocycles. The minimum atomic E-state index is -0.221. The second-order valence-corrected chi connectivity index (χ2v) is 5.54. The second-order valence-electron chi connectivity index (χ2n) is 5.54. The van der Waals surface area contributed by atoms with Crippen molar-refractivity contribution in [3.63, 3.8) is 0 Å². The lowest BCUT2D eigenvalue weighted by atomic mass is 10.2. The first-order chi connectivity index (χ1) is 9.49. The Kier molecular flexibility index (Phi) is 2.92. The first-order valence-corrected chi connectivity index (χ1v) is 6.89. The normalized spacial score (nSPS) is 14.2. The molecule has 2 N–H and O–H groups in total. The zero-order valence-corrected chi connectivity index (χ0v) is 12.0. The van der Waals surface area contributed by atoms with Crippen molar-refractivity contribution in [2.75, 3.05) is 17.2 Å². The maximum atomic E-state index is 13.5. The van der Waals surface area contributed by atoms with Gasteiger partial charge in [-0.25, -0.2) is 9.07 Å². The van der Waals surface area contributed by atoms with E-state index in [0.29, 0.717) is 5.69 Å². The first-order valence-electron chi connectivity index (χ1n) is 6.89. The minimum Gasteiger partial charge on any atom is -0.394 e. The van der Waals surface area contributed by atoms with Crippen LogP contribution in [0.15, 0.2) is 18.2 Å². The molecule has 1 aromatic carbocycles. The van der Waals surface area contributed by atoms with E-state index >= 15 is 0 Å². The van der Waals surface area contributed by atoms with Gasteiger partial charge in [-0.15, -0.1) is 0 Å². The molecule has 0 spiro atoms. The van der Waals surface area contributed by atoms with Crippen LogP contribution in [-0.4, -0.2) is 16.3 Å². The second kappa shape index (κ2) is 4.51. The Morgan fingerprint density at radius 2 is 2.10 bits per heavy atom. The molecule has 4 nitrogen and oxygen atoms in total. The highest BCUT2D eigenvalue weighted by atomic mass is 19.1. The SMILES string of the molecule is Cc1nn(C(C)C)c(N2CCc3ccc(F)cc32)c1N. The topological polar surface area (TPSA) is 47.1 Å². The maximum absolute atomic E-state index is 13.5. The van der Waals surface area contributed by atoms with E-state index in [4.69, 9.17) is 5.73 Å². The van der Waals surface area contributed by atoms with Gasteiger partial charge < -0.3 is 10.6 Å². The number of nitrogen functional groups attached to an aromatic ring is 1. The van der Waals surface area contributed by atoms with Gasteiger partial charge in [0.2, 0.25) is 0 Å². The number of anilines is 3. The average Bonchev–Trinajstić information content (AvgIpc) is 2.92. The molecule has 0 atom stereocenters. The van der Waals surface area contributed by atoms with E-state index in [-0.39, 0.29) is 11.9 Å². The number of halogens is 1. The van der Waals surface area contributed by atoms with Crippen LogP contribution in [0, 0.1) is 12.7 Å². The molecule has 2 aromatic rings. The molecule has 0 saturated heterocycles. The average molecular weight is 274 g/mol. The van der Waals surface area contributed by atoms with Gasteiger partial charge in [0.05, 0.1) is 11.4 Å². The van der Waals surface area contributed by atoms with E-state index in [1.54, 1.807) is 6.07 Å². The van der Waals surface area contributed by atoms with Crippen molar-refractivity contribution in [2.24, 2.45) is 0 Å². The summed E-state index contributed by atoms with van der Waals surface area (Å²) < 4.78 is 15.5. The molecule has 1 aliphatic rings. The van der Waals surface area contributed by atoms with Gasteiger partial charge in [0.25, 0.3) is 0 Å². The summed E-state index contributed by atoms with van der Waals surface area (Å²) in [6.45, 7) is 6.84. The van der Waals surface area contributed by atoms with Gasteiger partial charge in [-0.2, -0.15) is 5.10 Å². The Hall–Kier alpha value is -2.04. The molecule has 0 amide bonds. The van der Waals surface area contributed by atoms with Crippen LogP contribution in [0.5, 0.6) is 0 Å². The zero-order chi connectivity index (χ0) is 14.4. The molecule has 1 aromatic heterocycles. The van der Waals surface area contributed by atoms with E-state index in [1.807, 2.05) is 17.7 Å². The lowest BCUT2D eigenvalue weighted by Gasteiger charge is -2.23. The minimum absolute atomic E-state index is 0.207. The first kappa shape index (κ1) is 13.0. The van der Waals surface area contributed by atoms with Crippen LogP contribution in [-0.2, 0) is 6.42 Å². The summed E-state index contributed by atoms with van der Waals surface area (Å²) in [6, 6.07) is 5.15. The van der Waals surface area contributed by atoms with Gasteiger partial charge >= 0.3 is 0 Å². The van der Waals surface area contributed by atoms with E-state index < -0.39 is 0 Å². The third-order valence-corrected chi connectivity index (χ3v) is 3.79. The van der Waals surface area contributed by atoms with Crippen LogP contribution in [0.1, 0.15) is 31.1 Å². The van der Waals surface area contributed by atoms with Crippen LogP contribution < -0.4 is 10.6 Å². The summed E-state index contributed by atoms with van der Waals surface area (Å²) in [5.41, 5.74) is 9.75. The number of rotatable bonds is 2. The number of nitrogens with zero attached hydrogens (tertiary/aromatic N) is 3. The van der Waals surface area contributed by atoms with Crippen molar-refractivity contribution in [1.82, 2.24) is 9.78 Å². The summed E-state index contributed by atoms with van der Waals surface area (Å²) in [7, 11) is 0. The summed E-state index contributed by atoms with van der Waals surface area (Å²) in [5, 5.41) is 4.51. The van der Waals surface area contributed by atoms with Crippen molar-refractivity contribution < 1.29 is 4.39 Å². The Balaban J connectivity index is 2.15. The third-order valence-electron chi connectivity index (χ3n) is 3.79. The van der Waals surface area contributed by atoms with Gasteiger partial charge in [0.15, 0.2) is 5.82 Å². The fourth-order valence-corrected chi connectivity index (χ4v) is 2.75. The molecule has 3 rings (SSSR count). The van der Waals surface area contributed by atoms with Crippen molar-refractivity contribution in [1.29, 1.82) is 0 Å². The number of nitrogens with two attached hydrogens (primary N) is 1. The monoisotopic (exact) mass is 274 g/mol. The molecular weight excluding hydrogens is 255 g/mol. The molecular formula is C15H19FN4. The van der Waals surface area contributed by atoms with E-state index in [0.717, 1.165) is 35.7 Å². The highest BCUT2D eigenvalue weighted by Gasteiger charge is 2.27. The van der Waals surface area contributed by atoms with Crippen LogP contribution in [0.25, 0.3) is 0 Å². The number of aryl methyl sites for hydroxylation is 1. The smallest absolute Gasteiger partial charge is 0.155 e. The summed E-state index contributed by atoms with van der Waals surface area (Å²) in [6.07, 6.45) is 0.900. The fraction of sp³-hybridized carbons (Fsp3) is 0.400. The standard InChI is InChI=1S/C15H19FN4/c1-9(2)20-15(14(17)10(3)18-20)19-7-6-11-4-5-12(16)8-13(11)19/h4-5,8-9H,6-7,17H2,1-3H3. The molecule has 20 heavy (non-hydrogen) atoms. The number of benzene rings is 1. The van der Waals surface area contributed by atoms with Gasteiger partial charge in [-0.1, -0.05) is 6.07 Å². The molecule has 0 unspecified atom stereocenters. The van der Waals surface area contributed by atoms with Crippen molar-refractivity contribution in [3.8, 4) is 0 Å². The molecule has 2 heterocycles. The number of hydrogen-bond donors (Lipinski definition) is 1.